The number of carbonyl (C=O) groups is 2. The Balaban J connectivity index is 2.64. The molecule has 1 rings (SSSR count). The molecule has 1 aromatic carbocycles. The summed E-state index contributed by atoms with van der Waals surface area (Å²) in [6, 6.07) is 5.39. The van der Waals surface area contributed by atoms with Crippen LogP contribution >= 0.6 is 27.5 Å². The van der Waals surface area contributed by atoms with Crippen molar-refractivity contribution in [1.29, 1.82) is 0 Å². The van der Waals surface area contributed by atoms with Gasteiger partial charge >= 0.3 is 5.97 Å². The molecule has 5 nitrogen and oxygen atoms in total. The maximum absolute atomic E-state index is 12.1. The average Bonchev–Trinajstić information content (AvgIpc) is 2.38. The molecule has 0 aliphatic rings. The number of ether oxygens (including phenoxy) is 1. The number of hydrogen-bond acceptors (Lipinski definition) is 3. The van der Waals surface area contributed by atoms with Crippen molar-refractivity contribution in [3.8, 4) is 0 Å². The van der Waals surface area contributed by atoms with Gasteiger partial charge in [0.15, 0.2) is 0 Å². The van der Waals surface area contributed by atoms with Gasteiger partial charge in [0.05, 0.1) is 18.6 Å². The molecule has 1 aromatic rings. The van der Waals surface area contributed by atoms with Crippen LogP contribution in [-0.4, -0.2) is 36.2 Å². The van der Waals surface area contributed by atoms with Gasteiger partial charge in [-0.1, -0.05) is 27.5 Å². The van der Waals surface area contributed by atoms with Crippen molar-refractivity contribution in [2.24, 2.45) is 0 Å². The first-order valence-electron chi connectivity index (χ1n) is 6.71. The van der Waals surface area contributed by atoms with E-state index in [0.717, 1.165) is 10.0 Å². The van der Waals surface area contributed by atoms with Crippen LogP contribution in [0.15, 0.2) is 22.7 Å². The summed E-state index contributed by atoms with van der Waals surface area (Å²) in [5, 5.41) is 12.3. The van der Waals surface area contributed by atoms with Crippen LogP contribution in [0.25, 0.3) is 0 Å². The van der Waals surface area contributed by atoms with E-state index in [4.69, 9.17) is 21.4 Å². The molecule has 22 heavy (non-hydrogen) atoms. The summed E-state index contributed by atoms with van der Waals surface area (Å²) < 4.78 is 5.89. The summed E-state index contributed by atoms with van der Waals surface area (Å²) in [5.74, 6) is -1.22. The fourth-order valence-corrected chi connectivity index (χ4v) is 2.81. The highest BCUT2D eigenvalue weighted by Crippen LogP contribution is 2.22. The summed E-state index contributed by atoms with van der Waals surface area (Å²) in [4.78, 5) is 23.0. The lowest BCUT2D eigenvalue weighted by Gasteiger charge is -2.28. The monoisotopic (exact) mass is 391 g/mol. The van der Waals surface area contributed by atoms with E-state index >= 15 is 0 Å². The van der Waals surface area contributed by atoms with Crippen LogP contribution in [0.2, 0.25) is 5.02 Å². The third kappa shape index (κ3) is 6.34. The first-order valence-corrected chi connectivity index (χ1v) is 7.88. The molecule has 0 saturated heterocycles. The number of carboxylic acid groups (broad SMARTS) is 1. The Labute approximate surface area is 143 Å². The van der Waals surface area contributed by atoms with Crippen LogP contribution in [0.3, 0.4) is 0 Å². The fourth-order valence-electron chi connectivity index (χ4n) is 2.17. The number of carboxylic acids is 1. The van der Waals surface area contributed by atoms with Gasteiger partial charge in [0.2, 0.25) is 5.91 Å². The lowest BCUT2D eigenvalue weighted by molar-refractivity contribution is -0.139. The van der Waals surface area contributed by atoms with Gasteiger partial charge in [-0.15, -0.1) is 0 Å². The number of amides is 1. The van der Waals surface area contributed by atoms with Crippen molar-refractivity contribution in [2.45, 2.75) is 31.7 Å². The van der Waals surface area contributed by atoms with Gasteiger partial charge in [-0.05, 0) is 37.1 Å². The van der Waals surface area contributed by atoms with Crippen molar-refractivity contribution >= 4 is 39.4 Å². The van der Waals surface area contributed by atoms with E-state index in [2.05, 4.69) is 21.2 Å². The van der Waals surface area contributed by atoms with E-state index in [-0.39, 0.29) is 25.4 Å². The molecule has 0 aliphatic heterocycles. The molecule has 1 atom stereocenters. The third-order valence-electron chi connectivity index (χ3n) is 3.07. The number of nitrogens with one attached hydrogen (secondary N) is 1. The van der Waals surface area contributed by atoms with Crippen LogP contribution in [0.5, 0.6) is 0 Å². The van der Waals surface area contributed by atoms with Gasteiger partial charge < -0.3 is 15.2 Å². The van der Waals surface area contributed by atoms with Crippen molar-refractivity contribution in [3.05, 3.63) is 33.3 Å². The highest BCUT2D eigenvalue weighted by molar-refractivity contribution is 9.10. The number of methoxy groups -OCH3 is 1. The number of carbonyl (C=O) groups excluding carboxylic acids is 1. The van der Waals surface area contributed by atoms with E-state index in [1.165, 1.54) is 7.11 Å². The molecule has 0 aromatic heterocycles. The zero-order chi connectivity index (χ0) is 16.8. The Hall–Kier alpha value is -1.11. The topological polar surface area (TPSA) is 75.6 Å². The zero-order valence-corrected chi connectivity index (χ0v) is 14.8. The predicted molar refractivity (Wildman–Crippen MR) is 88.1 cm³/mol. The standard InChI is InChI=1S/C15H19BrClNO4/c1-15(9-22-2,8-14(20)21)18-13(19)6-3-10-7-11(17)4-5-12(10)16/h4-5,7H,3,6,8-9H2,1-2H3,(H,18,19)(H,20,21). The molecule has 1 amide bonds. The lowest BCUT2D eigenvalue weighted by atomic mass is 9.98. The van der Waals surface area contributed by atoms with Crippen LogP contribution in [0.4, 0.5) is 0 Å². The Morgan fingerprint density at radius 3 is 2.73 bits per heavy atom. The highest BCUT2D eigenvalue weighted by Gasteiger charge is 2.29. The van der Waals surface area contributed by atoms with E-state index in [0.29, 0.717) is 11.4 Å². The van der Waals surface area contributed by atoms with E-state index in [1.807, 2.05) is 6.07 Å². The molecular weight excluding hydrogens is 374 g/mol. The Morgan fingerprint density at radius 2 is 2.14 bits per heavy atom. The quantitative estimate of drug-likeness (QED) is 0.713. The van der Waals surface area contributed by atoms with Gasteiger partial charge in [-0.3, -0.25) is 9.59 Å². The normalized spacial score (nSPS) is 13.5. The molecule has 122 valence electrons. The summed E-state index contributed by atoms with van der Waals surface area (Å²) in [7, 11) is 1.47. The Kier molecular flexibility index (Phi) is 7.32. The number of aliphatic carboxylic acids is 1. The highest BCUT2D eigenvalue weighted by atomic mass is 79.9. The molecule has 1 unspecified atom stereocenters. The summed E-state index contributed by atoms with van der Waals surface area (Å²) in [5.41, 5.74) is -0.00204. The second kappa shape index (κ2) is 8.50. The molecule has 2 N–H and O–H groups in total. The van der Waals surface area contributed by atoms with Crippen LogP contribution < -0.4 is 5.32 Å². The lowest BCUT2D eigenvalue weighted by Crippen LogP contribution is -2.50. The molecule has 7 heteroatoms. The minimum Gasteiger partial charge on any atom is -0.481 e. The van der Waals surface area contributed by atoms with Gasteiger partial charge in [0.25, 0.3) is 0 Å². The van der Waals surface area contributed by atoms with Gasteiger partial charge in [-0.25, -0.2) is 0 Å². The SMILES string of the molecule is COCC(C)(CC(=O)O)NC(=O)CCc1cc(Cl)ccc1Br. The molecule has 0 aliphatic carbocycles. The molecule has 0 radical (unpaired) electrons. The second-order valence-corrected chi connectivity index (χ2v) is 6.64. The van der Waals surface area contributed by atoms with E-state index in [1.54, 1.807) is 19.1 Å². The second-order valence-electron chi connectivity index (χ2n) is 5.35. The van der Waals surface area contributed by atoms with Gasteiger partial charge in [0.1, 0.15) is 0 Å². The molecular formula is C15H19BrClNO4. The maximum atomic E-state index is 12.1. The van der Waals surface area contributed by atoms with Crippen molar-refractivity contribution < 1.29 is 19.4 Å². The zero-order valence-electron chi connectivity index (χ0n) is 12.5. The Morgan fingerprint density at radius 1 is 1.45 bits per heavy atom. The molecule has 0 saturated carbocycles. The average molecular weight is 393 g/mol. The van der Waals surface area contributed by atoms with Crippen LogP contribution in [-0.2, 0) is 20.7 Å². The molecule has 0 fully saturated rings. The summed E-state index contributed by atoms with van der Waals surface area (Å²) in [6.45, 7) is 1.78. The smallest absolute Gasteiger partial charge is 0.305 e. The molecule has 0 spiro atoms. The first-order chi connectivity index (χ1) is 10.3. The van der Waals surface area contributed by atoms with Gasteiger partial charge in [0, 0.05) is 23.0 Å². The third-order valence-corrected chi connectivity index (χ3v) is 4.08. The Bertz CT molecular complexity index is 552. The minimum absolute atomic E-state index is 0.131. The maximum Gasteiger partial charge on any atom is 0.305 e. The first kappa shape index (κ1) is 18.9. The van der Waals surface area contributed by atoms with Crippen molar-refractivity contribution in [2.75, 3.05) is 13.7 Å². The molecule has 0 heterocycles. The fraction of sp³-hybridized carbons (Fsp3) is 0.467. The number of rotatable bonds is 8. The van der Waals surface area contributed by atoms with Crippen molar-refractivity contribution in [1.82, 2.24) is 5.32 Å². The van der Waals surface area contributed by atoms with Gasteiger partial charge in [-0.2, -0.15) is 0 Å². The number of hydrogen-bond donors (Lipinski definition) is 2. The largest absolute Gasteiger partial charge is 0.481 e. The summed E-state index contributed by atoms with van der Waals surface area (Å²) >= 11 is 9.35. The van der Waals surface area contributed by atoms with Crippen LogP contribution in [0, 0.1) is 0 Å². The number of aryl methyl sites for hydroxylation is 1. The van der Waals surface area contributed by atoms with Crippen molar-refractivity contribution in [3.63, 3.8) is 0 Å². The van der Waals surface area contributed by atoms with Crippen LogP contribution in [0.1, 0.15) is 25.3 Å². The van der Waals surface area contributed by atoms with E-state index < -0.39 is 11.5 Å². The number of halogens is 2. The van der Waals surface area contributed by atoms with E-state index in [9.17, 15) is 9.59 Å². The number of benzene rings is 1. The predicted octanol–water partition coefficient (Wildman–Crippen LogP) is 3.03. The molecule has 0 bridgehead atoms. The summed E-state index contributed by atoms with van der Waals surface area (Å²) in [6.07, 6.45) is 0.536. The minimum atomic E-state index is -0.988.